The van der Waals surface area contributed by atoms with Gasteiger partial charge in [0.2, 0.25) is 5.91 Å². The molecule has 166 valence electrons. The number of nitrogens with one attached hydrogen (secondary N) is 1. The normalized spacial score (nSPS) is 17.5. The summed E-state index contributed by atoms with van der Waals surface area (Å²) in [6.07, 6.45) is 2.38. The van der Waals surface area contributed by atoms with Crippen molar-refractivity contribution in [3.63, 3.8) is 0 Å². The van der Waals surface area contributed by atoms with E-state index < -0.39 is 0 Å². The van der Waals surface area contributed by atoms with E-state index >= 15 is 0 Å². The minimum absolute atomic E-state index is 0.0151. The third kappa shape index (κ3) is 5.39. The van der Waals surface area contributed by atoms with Gasteiger partial charge in [0.05, 0.1) is 19.1 Å². The molecule has 0 aromatic heterocycles. The molecule has 0 radical (unpaired) electrons. The van der Waals surface area contributed by atoms with E-state index in [9.17, 15) is 9.18 Å². The summed E-state index contributed by atoms with van der Waals surface area (Å²) in [4.78, 5) is 15.3. The molecule has 0 spiro atoms. The van der Waals surface area contributed by atoms with E-state index in [1.165, 1.54) is 18.0 Å². The lowest BCUT2D eigenvalue weighted by Gasteiger charge is -2.47. The number of nitrogens with zero attached hydrogens (tertiary/aromatic N) is 2. The fourth-order valence-corrected chi connectivity index (χ4v) is 4.94. The van der Waals surface area contributed by atoms with Crippen molar-refractivity contribution in [3.05, 3.63) is 53.3 Å². The molecule has 2 aromatic rings. The molecule has 1 N–H and O–H groups in total. The summed E-state index contributed by atoms with van der Waals surface area (Å²) in [5.74, 6) is 0.713. The standard InChI is InChI=1S/C24H30FN3O2S/c1-6-28-22-12-21(25)17(11-20(22)16(2)13-24(28,3)4)14-26-27-23(29)15-31-19-9-7-18(30-5)8-10-19/h7-12,14,16H,6,13,15H2,1-5H3,(H,27,29)/b26-14+. The molecule has 1 aliphatic heterocycles. The zero-order chi connectivity index (χ0) is 22.6. The molecule has 0 fully saturated rings. The lowest BCUT2D eigenvalue weighted by Crippen LogP contribution is -2.48. The van der Waals surface area contributed by atoms with Crippen LogP contribution in [0.4, 0.5) is 10.1 Å². The van der Waals surface area contributed by atoms with E-state index in [-0.39, 0.29) is 23.0 Å². The van der Waals surface area contributed by atoms with E-state index in [1.54, 1.807) is 13.2 Å². The molecule has 1 unspecified atom stereocenters. The van der Waals surface area contributed by atoms with Gasteiger partial charge >= 0.3 is 0 Å². The average molecular weight is 444 g/mol. The molecule has 5 nitrogen and oxygen atoms in total. The second kappa shape index (κ2) is 9.73. The fourth-order valence-electron chi connectivity index (χ4n) is 4.25. The van der Waals surface area contributed by atoms with Crippen molar-refractivity contribution in [2.24, 2.45) is 5.10 Å². The van der Waals surface area contributed by atoms with Gasteiger partial charge in [-0.05, 0) is 75.1 Å². The molecular formula is C24H30FN3O2S. The SMILES string of the molecule is CCN1c2cc(F)c(/C=N/NC(=O)CSc3ccc(OC)cc3)cc2C(C)CC1(C)C. The summed E-state index contributed by atoms with van der Waals surface area (Å²) in [5, 5.41) is 3.97. The monoisotopic (exact) mass is 443 g/mol. The number of rotatable bonds is 7. The maximum absolute atomic E-state index is 14.8. The van der Waals surface area contributed by atoms with Gasteiger partial charge in [-0.25, -0.2) is 9.82 Å². The van der Waals surface area contributed by atoms with Crippen LogP contribution in [0.1, 0.15) is 51.2 Å². The van der Waals surface area contributed by atoms with Crippen LogP contribution in [-0.4, -0.2) is 37.1 Å². The Bertz CT molecular complexity index is 960. The zero-order valence-corrected chi connectivity index (χ0v) is 19.6. The molecular weight excluding hydrogens is 413 g/mol. The Morgan fingerprint density at radius 2 is 2.06 bits per heavy atom. The molecule has 0 saturated heterocycles. The van der Waals surface area contributed by atoms with E-state index in [0.717, 1.165) is 34.9 Å². The van der Waals surface area contributed by atoms with Crippen molar-refractivity contribution in [1.82, 2.24) is 5.43 Å². The minimum atomic E-state index is -0.340. The Kier molecular flexibility index (Phi) is 7.26. The molecule has 0 saturated carbocycles. The molecule has 1 atom stereocenters. The number of carbonyl (C=O) groups excluding carboxylic acids is 1. The number of amides is 1. The van der Waals surface area contributed by atoms with Crippen LogP contribution >= 0.6 is 11.8 Å². The summed E-state index contributed by atoms with van der Waals surface area (Å²) < 4.78 is 19.9. The molecule has 1 aliphatic rings. The summed E-state index contributed by atoms with van der Waals surface area (Å²) in [5.41, 5.74) is 4.91. The Labute approximate surface area is 188 Å². The summed E-state index contributed by atoms with van der Waals surface area (Å²) in [7, 11) is 1.61. The van der Waals surface area contributed by atoms with E-state index in [2.05, 4.69) is 43.1 Å². The summed E-state index contributed by atoms with van der Waals surface area (Å²) in [6, 6.07) is 10.9. The van der Waals surface area contributed by atoms with E-state index in [1.807, 2.05) is 30.3 Å². The van der Waals surface area contributed by atoms with Crippen molar-refractivity contribution in [2.45, 2.75) is 50.5 Å². The molecule has 1 amide bonds. The third-order valence-electron chi connectivity index (χ3n) is 5.64. The van der Waals surface area contributed by atoms with Crippen molar-refractivity contribution in [1.29, 1.82) is 0 Å². The lowest BCUT2D eigenvalue weighted by molar-refractivity contribution is -0.118. The van der Waals surface area contributed by atoms with Crippen LogP contribution in [0.3, 0.4) is 0 Å². The zero-order valence-electron chi connectivity index (χ0n) is 18.7. The van der Waals surface area contributed by atoms with Crippen molar-refractivity contribution >= 4 is 29.6 Å². The lowest BCUT2D eigenvalue weighted by atomic mass is 9.79. The Balaban J connectivity index is 1.64. The Morgan fingerprint density at radius 3 is 2.71 bits per heavy atom. The molecule has 2 aromatic carbocycles. The van der Waals surface area contributed by atoms with Gasteiger partial charge in [-0.15, -0.1) is 11.8 Å². The fraction of sp³-hybridized carbons (Fsp3) is 0.417. The highest BCUT2D eigenvalue weighted by molar-refractivity contribution is 8.00. The number of benzene rings is 2. The second-order valence-electron chi connectivity index (χ2n) is 8.35. The highest BCUT2D eigenvalue weighted by atomic mass is 32.2. The Morgan fingerprint density at radius 1 is 1.35 bits per heavy atom. The quantitative estimate of drug-likeness (QED) is 0.364. The van der Waals surface area contributed by atoms with Gasteiger partial charge in [-0.3, -0.25) is 4.79 Å². The van der Waals surface area contributed by atoms with Crippen LogP contribution < -0.4 is 15.1 Å². The maximum atomic E-state index is 14.8. The van der Waals surface area contributed by atoms with Crippen LogP contribution in [0, 0.1) is 5.82 Å². The summed E-state index contributed by atoms with van der Waals surface area (Å²) in [6.45, 7) is 9.48. The summed E-state index contributed by atoms with van der Waals surface area (Å²) >= 11 is 1.40. The number of methoxy groups -OCH3 is 1. The molecule has 7 heteroatoms. The highest BCUT2D eigenvalue weighted by Crippen LogP contribution is 2.43. The Hall–Kier alpha value is -2.54. The third-order valence-corrected chi connectivity index (χ3v) is 6.65. The minimum Gasteiger partial charge on any atom is -0.497 e. The molecule has 1 heterocycles. The van der Waals surface area contributed by atoms with Gasteiger partial charge in [0, 0.05) is 28.2 Å². The first-order valence-electron chi connectivity index (χ1n) is 10.4. The van der Waals surface area contributed by atoms with Crippen molar-refractivity contribution in [3.8, 4) is 5.75 Å². The van der Waals surface area contributed by atoms with Crippen molar-refractivity contribution < 1.29 is 13.9 Å². The first kappa shape index (κ1) is 23.1. The van der Waals surface area contributed by atoms with E-state index in [4.69, 9.17) is 4.74 Å². The van der Waals surface area contributed by atoms with Gasteiger partial charge < -0.3 is 9.64 Å². The second-order valence-corrected chi connectivity index (χ2v) is 9.40. The average Bonchev–Trinajstić information content (AvgIpc) is 2.73. The first-order chi connectivity index (χ1) is 14.7. The van der Waals surface area contributed by atoms with Gasteiger partial charge in [0.1, 0.15) is 11.6 Å². The molecule has 0 aliphatic carbocycles. The van der Waals surface area contributed by atoms with Gasteiger partial charge in [0.25, 0.3) is 0 Å². The van der Waals surface area contributed by atoms with E-state index in [0.29, 0.717) is 11.5 Å². The molecule has 31 heavy (non-hydrogen) atoms. The predicted octanol–water partition coefficient (Wildman–Crippen LogP) is 5.19. The van der Waals surface area contributed by atoms with Gasteiger partial charge in [-0.2, -0.15) is 5.10 Å². The van der Waals surface area contributed by atoms with Crippen LogP contribution in [0.2, 0.25) is 0 Å². The topological polar surface area (TPSA) is 53.9 Å². The number of ether oxygens (including phenoxy) is 1. The molecule has 3 rings (SSSR count). The van der Waals surface area contributed by atoms with Crippen molar-refractivity contribution in [2.75, 3.05) is 24.3 Å². The maximum Gasteiger partial charge on any atom is 0.250 e. The number of anilines is 1. The number of hydrazone groups is 1. The van der Waals surface area contributed by atoms with Gasteiger partial charge in [0.15, 0.2) is 0 Å². The largest absolute Gasteiger partial charge is 0.497 e. The number of fused-ring (bicyclic) bond motifs is 1. The van der Waals surface area contributed by atoms with Crippen LogP contribution in [-0.2, 0) is 4.79 Å². The highest BCUT2D eigenvalue weighted by Gasteiger charge is 2.36. The number of carbonyl (C=O) groups is 1. The first-order valence-corrected chi connectivity index (χ1v) is 11.4. The van der Waals surface area contributed by atoms with Crippen LogP contribution in [0.5, 0.6) is 5.75 Å². The number of hydrogen-bond acceptors (Lipinski definition) is 5. The van der Waals surface area contributed by atoms with Gasteiger partial charge in [-0.1, -0.05) is 6.92 Å². The van der Waals surface area contributed by atoms with Crippen LogP contribution in [0.15, 0.2) is 46.4 Å². The number of thioether (sulfide) groups is 1. The molecule has 0 bridgehead atoms. The number of hydrogen-bond donors (Lipinski definition) is 1. The number of halogens is 1. The van der Waals surface area contributed by atoms with Crippen LogP contribution in [0.25, 0.3) is 0 Å². The smallest absolute Gasteiger partial charge is 0.250 e. The predicted molar refractivity (Wildman–Crippen MR) is 126 cm³/mol.